The Morgan fingerprint density at radius 1 is 1.29 bits per heavy atom. The smallest absolute Gasteiger partial charge is 0.354 e. The van der Waals surface area contributed by atoms with Crippen LogP contribution in [-0.2, 0) is 20.9 Å². The van der Waals surface area contributed by atoms with Crippen LogP contribution in [0.4, 0.5) is 0 Å². The maximum atomic E-state index is 12.0. The third kappa shape index (κ3) is 3.27. The molecule has 0 bridgehead atoms. The van der Waals surface area contributed by atoms with Crippen molar-refractivity contribution in [1.82, 2.24) is 5.43 Å². The first-order valence-corrected chi connectivity index (χ1v) is 7.20. The summed E-state index contributed by atoms with van der Waals surface area (Å²) in [4.78, 5) is 34.7. The van der Waals surface area contributed by atoms with E-state index in [0.29, 0.717) is 22.3 Å². The lowest BCUT2D eigenvalue weighted by Crippen LogP contribution is -2.30. The molecular weight excluding hydrogens is 316 g/mol. The quantitative estimate of drug-likeness (QED) is 0.665. The minimum Gasteiger partial charge on any atom is -0.497 e. The van der Waals surface area contributed by atoms with Crippen LogP contribution < -0.4 is 15.8 Å². The molecule has 0 radical (unpaired) electrons. The summed E-state index contributed by atoms with van der Waals surface area (Å²) in [6, 6.07) is 6.29. The van der Waals surface area contributed by atoms with E-state index in [2.05, 4.69) is 10.5 Å². The number of hydrogen-bond acceptors (Lipinski definition) is 7. The Morgan fingerprint density at radius 2 is 2.12 bits per heavy atom. The topological polar surface area (TPSA) is 107 Å². The van der Waals surface area contributed by atoms with Crippen molar-refractivity contribution in [3.63, 3.8) is 0 Å². The molecule has 0 spiro atoms. The molecule has 3 rings (SSSR count). The maximum Gasteiger partial charge on any atom is 0.354 e. The lowest BCUT2D eigenvalue weighted by Gasteiger charge is -2.12. The number of nitrogens with zero attached hydrogens (tertiary/aromatic N) is 1. The van der Waals surface area contributed by atoms with Crippen molar-refractivity contribution >= 4 is 28.6 Å². The van der Waals surface area contributed by atoms with Gasteiger partial charge in [0.1, 0.15) is 23.7 Å². The summed E-state index contributed by atoms with van der Waals surface area (Å²) < 4.78 is 15.4. The van der Waals surface area contributed by atoms with Gasteiger partial charge in [-0.15, -0.1) is 0 Å². The molecule has 24 heavy (non-hydrogen) atoms. The number of esters is 1. The minimum absolute atomic E-state index is 0.111. The molecular formula is C16H14N2O6. The Labute approximate surface area is 136 Å². The third-order valence-corrected chi connectivity index (χ3v) is 3.54. The van der Waals surface area contributed by atoms with Crippen molar-refractivity contribution in [2.45, 2.75) is 19.4 Å². The van der Waals surface area contributed by atoms with Gasteiger partial charge in [0.2, 0.25) is 5.91 Å². The molecule has 0 saturated heterocycles. The van der Waals surface area contributed by atoms with Crippen LogP contribution in [0.3, 0.4) is 0 Å². The van der Waals surface area contributed by atoms with Crippen LogP contribution in [0.1, 0.15) is 18.4 Å². The molecule has 0 aliphatic carbocycles. The largest absolute Gasteiger partial charge is 0.497 e. The van der Waals surface area contributed by atoms with E-state index >= 15 is 0 Å². The van der Waals surface area contributed by atoms with Crippen molar-refractivity contribution in [1.29, 1.82) is 0 Å². The van der Waals surface area contributed by atoms with E-state index in [0.717, 1.165) is 0 Å². The second kappa shape index (κ2) is 6.53. The highest BCUT2D eigenvalue weighted by Gasteiger charge is 2.20. The second-order valence-corrected chi connectivity index (χ2v) is 5.12. The molecule has 1 N–H and O–H groups in total. The van der Waals surface area contributed by atoms with Crippen LogP contribution in [0.2, 0.25) is 0 Å². The first kappa shape index (κ1) is 15.7. The molecule has 0 fully saturated rings. The van der Waals surface area contributed by atoms with Gasteiger partial charge in [0.15, 0.2) is 0 Å². The lowest BCUT2D eigenvalue weighted by atomic mass is 10.1. The van der Waals surface area contributed by atoms with Crippen LogP contribution in [-0.4, -0.2) is 24.7 Å². The van der Waals surface area contributed by atoms with E-state index in [1.807, 2.05) is 0 Å². The van der Waals surface area contributed by atoms with Gasteiger partial charge in [-0.25, -0.2) is 15.0 Å². The van der Waals surface area contributed by atoms with Gasteiger partial charge in [-0.3, -0.25) is 4.79 Å². The highest BCUT2D eigenvalue weighted by molar-refractivity contribution is 6.37. The van der Waals surface area contributed by atoms with Crippen LogP contribution in [0.25, 0.3) is 11.0 Å². The number of nitrogens with one attached hydrogen (secondary N) is 1. The predicted octanol–water partition coefficient (Wildman–Crippen LogP) is 1.11. The highest BCUT2D eigenvalue weighted by Crippen LogP contribution is 2.23. The molecule has 0 unspecified atom stereocenters. The summed E-state index contributed by atoms with van der Waals surface area (Å²) in [5.74, 6) is -0.329. The maximum absolute atomic E-state index is 12.0. The highest BCUT2D eigenvalue weighted by atomic mass is 16.5. The third-order valence-electron chi connectivity index (χ3n) is 3.54. The van der Waals surface area contributed by atoms with Crippen LogP contribution in [0.5, 0.6) is 5.75 Å². The molecule has 1 aromatic heterocycles. The standard InChI is InChI=1S/C16H14N2O6/c1-22-10-2-3-11-9(6-15(20)24-13(11)7-10)8-23-16(21)12-4-5-14(19)18-17-12/h2-3,6-7H,4-5,8H2,1H3,(H,18,19). The Morgan fingerprint density at radius 3 is 2.83 bits per heavy atom. The summed E-state index contributed by atoms with van der Waals surface area (Å²) in [7, 11) is 1.51. The summed E-state index contributed by atoms with van der Waals surface area (Å²) in [5.41, 5.74) is 2.68. The molecule has 1 aromatic carbocycles. The molecule has 2 heterocycles. The van der Waals surface area contributed by atoms with Crippen LogP contribution >= 0.6 is 0 Å². The van der Waals surface area contributed by atoms with Gasteiger partial charge >= 0.3 is 11.6 Å². The molecule has 8 heteroatoms. The summed E-state index contributed by atoms with van der Waals surface area (Å²) in [6.07, 6.45) is 0.408. The summed E-state index contributed by atoms with van der Waals surface area (Å²) in [6.45, 7) is -0.111. The number of hydrazone groups is 1. The van der Waals surface area contributed by atoms with Gasteiger partial charge in [0.05, 0.1) is 7.11 Å². The van der Waals surface area contributed by atoms with Crippen LogP contribution in [0.15, 0.2) is 38.6 Å². The number of ether oxygens (including phenoxy) is 2. The number of carbonyl (C=O) groups is 2. The van der Waals surface area contributed by atoms with Crippen molar-refractivity contribution in [3.8, 4) is 5.75 Å². The van der Waals surface area contributed by atoms with Crippen molar-refractivity contribution in [2.24, 2.45) is 5.10 Å². The normalized spacial score (nSPS) is 14.0. The molecule has 0 saturated carbocycles. The molecule has 2 aromatic rings. The lowest BCUT2D eigenvalue weighted by molar-refractivity contribution is -0.137. The summed E-state index contributed by atoms with van der Waals surface area (Å²) in [5, 5.41) is 4.31. The number of hydrogen-bond donors (Lipinski definition) is 1. The number of fused-ring (bicyclic) bond motifs is 1. The summed E-state index contributed by atoms with van der Waals surface area (Å²) >= 11 is 0. The Hall–Kier alpha value is -3.16. The average molecular weight is 330 g/mol. The van der Waals surface area contributed by atoms with Crippen molar-refractivity contribution in [2.75, 3.05) is 7.11 Å². The molecule has 1 aliphatic rings. The average Bonchev–Trinajstić information content (AvgIpc) is 2.59. The van der Waals surface area contributed by atoms with Crippen molar-refractivity contribution < 1.29 is 23.5 Å². The molecule has 0 atom stereocenters. The van der Waals surface area contributed by atoms with Crippen LogP contribution in [0, 0.1) is 0 Å². The molecule has 8 nitrogen and oxygen atoms in total. The van der Waals surface area contributed by atoms with Crippen molar-refractivity contribution in [3.05, 3.63) is 40.2 Å². The fourth-order valence-electron chi connectivity index (χ4n) is 2.30. The van der Waals surface area contributed by atoms with E-state index in [4.69, 9.17) is 13.9 Å². The zero-order valence-electron chi connectivity index (χ0n) is 12.8. The number of amides is 1. The van der Waals surface area contributed by atoms with E-state index < -0.39 is 11.6 Å². The van der Waals surface area contributed by atoms with Gasteiger partial charge in [-0.05, 0) is 12.1 Å². The SMILES string of the molecule is COc1ccc2c(COC(=O)C3=NNC(=O)CC3)cc(=O)oc2c1. The Kier molecular flexibility index (Phi) is 4.28. The molecule has 1 amide bonds. The van der Waals surface area contributed by atoms with E-state index in [9.17, 15) is 14.4 Å². The minimum atomic E-state index is -0.634. The van der Waals surface area contributed by atoms with E-state index in [1.54, 1.807) is 18.2 Å². The van der Waals surface area contributed by atoms with Gasteiger partial charge < -0.3 is 13.9 Å². The first-order valence-electron chi connectivity index (χ1n) is 7.20. The second-order valence-electron chi connectivity index (χ2n) is 5.12. The molecule has 1 aliphatic heterocycles. The monoisotopic (exact) mass is 330 g/mol. The van der Waals surface area contributed by atoms with Gasteiger partial charge in [-0.1, -0.05) is 0 Å². The number of rotatable bonds is 4. The Bertz CT molecular complexity index is 899. The first-order chi connectivity index (χ1) is 11.6. The van der Waals surface area contributed by atoms with Gasteiger partial charge in [-0.2, -0.15) is 5.10 Å². The zero-order valence-corrected chi connectivity index (χ0v) is 12.8. The van der Waals surface area contributed by atoms with Gasteiger partial charge in [0.25, 0.3) is 0 Å². The fraction of sp³-hybridized carbons (Fsp3) is 0.250. The van der Waals surface area contributed by atoms with E-state index in [1.165, 1.54) is 13.2 Å². The zero-order chi connectivity index (χ0) is 17.1. The van der Waals surface area contributed by atoms with Gasteiger partial charge in [0, 0.05) is 35.9 Å². The number of benzene rings is 1. The van der Waals surface area contributed by atoms with E-state index in [-0.39, 0.29) is 31.1 Å². The predicted molar refractivity (Wildman–Crippen MR) is 83.6 cm³/mol. The number of carbonyl (C=O) groups excluding carboxylic acids is 2. The number of methoxy groups -OCH3 is 1. The molecule has 124 valence electrons. The Balaban J connectivity index is 1.81. The fourth-order valence-corrected chi connectivity index (χ4v) is 2.30.